The van der Waals surface area contributed by atoms with Crippen LogP contribution in [0, 0.1) is 0 Å². The molecular weight excluding hydrogens is 408 g/mol. The number of aromatic nitrogens is 2. The number of aliphatic hydroxyl groups excluding tert-OH is 1. The number of amides is 2. The lowest BCUT2D eigenvalue weighted by atomic mass is 9.93. The highest BCUT2D eigenvalue weighted by Gasteiger charge is 2.29. The van der Waals surface area contributed by atoms with Gasteiger partial charge in [-0.3, -0.25) is 14.5 Å². The SMILES string of the molecule is CC(=O)N1CC(Nc2cc(C(=O)NC[C@H](O)CN3CCc4ccccc4C3C)ncn2)C1. The van der Waals surface area contributed by atoms with Crippen molar-refractivity contribution in [2.45, 2.75) is 38.5 Å². The maximum atomic E-state index is 12.5. The Morgan fingerprint density at radius 2 is 2.03 bits per heavy atom. The van der Waals surface area contributed by atoms with Gasteiger partial charge in [-0.2, -0.15) is 0 Å². The molecule has 2 aliphatic heterocycles. The molecule has 4 rings (SSSR count). The monoisotopic (exact) mass is 438 g/mol. The molecule has 3 heterocycles. The maximum Gasteiger partial charge on any atom is 0.270 e. The molecule has 1 fully saturated rings. The van der Waals surface area contributed by atoms with E-state index in [4.69, 9.17) is 0 Å². The predicted octanol–water partition coefficient (Wildman–Crippen LogP) is 0.829. The van der Waals surface area contributed by atoms with Gasteiger partial charge in [0, 0.05) is 51.8 Å². The van der Waals surface area contributed by atoms with Gasteiger partial charge >= 0.3 is 0 Å². The summed E-state index contributed by atoms with van der Waals surface area (Å²) in [7, 11) is 0. The Morgan fingerprint density at radius 1 is 1.25 bits per heavy atom. The number of anilines is 1. The largest absolute Gasteiger partial charge is 0.390 e. The molecule has 2 amide bonds. The number of nitrogens with zero attached hydrogens (tertiary/aromatic N) is 4. The van der Waals surface area contributed by atoms with Crippen molar-refractivity contribution in [2.75, 3.05) is 38.0 Å². The second-order valence-electron chi connectivity index (χ2n) is 8.54. The summed E-state index contributed by atoms with van der Waals surface area (Å²) in [6, 6.07) is 10.3. The highest BCUT2D eigenvalue weighted by molar-refractivity contribution is 5.92. The van der Waals surface area contributed by atoms with Crippen LogP contribution < -0.4 is 10.6 Å². The molecule has 0 spiro atoms. The lowest BCUT2D eigenvalue weighted by Gasteiger charge is -2.39. The summed E-state index contributed by atoms with van der Waals surface area (Å²) in [5, 5.41) is 16.5. The lowest BCUT2D eigenvalue weighted by Crippen LogP contribution is -2.56. The third-order valence-electron chi connectivity index (χ3n) is 6.24. The Balaban J connectivity index is 1.25. The molecule has 2 aliphatic rings. The number of benzene rings is 1. The molecule has 0 bridgehead atoms. The van der Waals surface area contributed by atoms with E-state index in [0.29, 0.717) is 25.5 Å². The fraction of sp³-hybridized carbons (Fsp3) is 0.478. The summed E-state index contributed by atoms with van der Waals surface area (Å²) in [5.41, 5.74) is 2.90. The van der Waals surface area contributed by atoms with Crippen LogP contribution in [0.5, 0.6) is 0 Å². The number of β-amino-alcohol motifs (C(OH)–C–C–N with tert-alkyl or cyclic N) is 1. The number of fused-ring (bicyclic) bond motifs is 1. The van der Waals surface area contributed by atoms with Gasteiger partial charge in [0.25, 0.3) is 5.91 Å². The summed E-state index contributed by atoms with van der Waals surface area (Å²) in [5.74, 6) is 0.234. The van der Waals surface area contributed by atoms with E-state index in [0.717, 1.165) is 13.0 Å². The Hall–Kier alpha value is -3.04. The van der Waals surface area contributed by atoms with Crippen molar-refractivity contribution in [1.29, 1.82) is 0 Å². The van der Waals surface area contributed by atoms with Gasteiger partial charge in [-0.15, -0.1) is 0 Å². The van der Waals surface area contributed by atoms with Crippen molar-refractivity contribution in [3.63, 3.8) is 0 Å². The van der Waals surface area contributed by atoms with Crippen LogP contribution in [0.2, 0.25) is 0 Å². The number of hydrogen-bond donors (Lipinski definition) is 3. The van der Waals surface area contributed by atoms with Crippen LogP contribution in [0.25, 0.3) is 0 Å². The molecular formula is C23H30N6O3. The van der Waals surface area contributed by atoms with Crippen LogP contribution in [0.4, 0.5) is 5.82 Å². The smallest absolute Gasteiger partial charge is 0.270 e. The molecule has 170 valence electrons. The normalized spacial score (nSPS) is 19.6. The molecule has 3 N–H and O–H groups in total. The van der Waals surface area contributed by atoms with E-state index in [1.165, 1.54) is 17.5 Å². The molecule has 2 atom stereocenters. The second kappa shape index (κ2) is 9.62. The first-order valence-corrected chi connectivity index (χ1v) is 11.0. The molecule has 1 unspecified atom stereocenters. The van der Waals surface area contributed by atoms with Gasteiger partial charge in [0.1, 0.15) is 17.8 Å². The van der Waals surface area contributed by atoms with Crippen LogP contribution in [-0.2, 0) is 11.2 Å². The molecule has 0 aliphatic carbocycles. The molecule has 1 aromatic carbocycles. The second-order valence-corrected chi connectivity index (χ2v) is 8.54. The van der Waals surface area contributed by atoms with Crippen molar-refractivity contribution in [1.82, 2.24) is 25.1 Å². The zero-order valence-corrected chi connectivity index (χ0v) is 18.5. The van der Waals surface area contributed by atoms with E-state index in [1.54, 1.807) is 17.9 Å². The van der Waals surface area contributed by atoms with Crippen LogP contribution >= 0.6 is 0 Å². The minimum atomic E-state index is -0.682. The molecule has 1 aromatic heterocycles. The predicted molar refractivity (Wildman–Crippen MR) is 120 cm³/mol. The first-order chi connectivity index (χ1) is 15.4. The zero-order chi connectivity index (χ0) is 22.7. The fourth-order valence-corrected chi connectivity index (χ4v) is 4.31. The third kappa shape index (κ3) is 5.05. The molecule has 9 nitrogen and oxygen atoms in total. The maximum absolute atomic E-state index is 12.5. The Morgan fingerprint density at radius 3 is 2.81 bits per heavy atom. The van der Waals surface area contributed by atoms with Gasteiger partial charge in [0.05, 0.1) is 12.1 Å². The van der Waals surface area contributed by atoms with Crippen LogP contribution in [0.3, 0.4) is 0 Å². The average molecular weight is 439 g/mol. The van der Waals surface area contributed by atoms with Gasteiger partial charge < -0.3 is 20.6 Å². The van der Waals surface area contributed by atoms with Gasteiger partial charge in [-0.1, -0.05) is 24.3 Å². The summed E-state index contributed by atoms with van der Waals surface area (Å²) in [4.78, 5) is 36.0. The average Bonchev–Trinajstić information content (AvgIpc) is 2.76. The molecule has 9 heteroatoms. The van der Waals surface area contributed by atoms with E-state index < -0.39 is 6.10 Å². The first kappa shape index (κ1) is 22.2. The highest BCUT2D eigenvalue weighted by Crippen LogP contribution is 2.28. The molecule has 0 saturated carbocycles. The Bertz CT molecular complexity index is 978. The minimum absolute atomic E-state index is 0.0486. The minimum Gasteiger partial charge on any atom is -0.390 e. The van der Waals surface area contributed by atoms with Gasteiger partial charge in [0.15, 0.2) is 0 Å². The van der Waals surface area contributed by atoms with Gasteiger partial charge in [0.2, 0.25) is 5.91 Å². The number of carbonyl (C=O) groups excluding carboxylic acids is 2. The lowest BCUT2D eigenvalue weighted by molar-refractivity contribution is -0.132. The van der Waals surface area contributed by atoms with E-state index in [-0.39, 0.29) is 36.1 Å². The molecule has 1 saturated heterocycles. The molecule has 0 radical (unpaired) electrons. The fourth-order valence-electron chi connectivity index (χ4n) is 4.31. The molecule has 2 aromatic rings. The molecule has 32 heavy (non-hydrogen) atoms. The quantitative estimate of drug-likeness (QED) is 0.587. The summed E-state index contributed by atoms with van der Waals surface area (Å²) >= 11 is 0. The Kier molecular flexibility index (Phi) is 6.66. The van der Waals surface area contributed by atoms with Crippen molar-refractivity contribution >= 4 is 17.6 Å². The summed E-state index contributed by atoms with van der Waals surface area (Å²) < 4.78 is 0. The van der Waals surface area contributed by atoms with E-state index >= 15 is 0 Å². The number of hydrogen-bond acceptors (Lipinski definition) is 7. The highest BCUT2D eigenvalue weighted by atomic mass is 16.3. The number of carbonyl (C=O) groups is 2. The zero-order valence-electron chi connectivity index (χ0n) is 18.5. The van der Waals surface area contributed by atoms with Gasteiger partial charge in [-0.25, -0.2) is 9.97 Å². The first-order valence-electron chi connectivity index (χ1n) is 11.0. The number of aliphatic hydroxyl groups is 1. The summed E-state index contributed by atoms with van der Waals surface area (Å²) in [6.45, 7) is 6.44. The van der Waals surface area contributed by atoms with Crippen molar-refractivity contribution in [3.8, 4) is 0 Å². The standard InChI is InChI=1S/C23H30N6O3/c1-15-20-6-4-3-5-17(20)7-8-28(15)13-19(31)10-24-23(32)21-9-22(26-14-25-21)27-18-11-29(12-18)16(2)30/h3-6,9,14-15,18-19,31H,7-8,10-13H2,1-2H3,(H,24,32)(H,25,26,27)/t15?,19-/m0/s1. The Labute approximate surface area is 187 Å². The van der Waals surface area contributed by atoms with E-state index in [2.05, 4.69) is 50.6 Å². The van der Waals surface area contributed by atoms with Crippen LogP contribution in [0.15, 0.2) is 36.7 Å². The summed E-state index contributed by atoms with van der Waals surface area (Å²) in [6.07, 6.45) is 1.61. The van der Waals surface area contributed by atoms with Crippen LogP contribution in [-0.4, -0.2) is 81.6 Å². The van der Waals surface area contributed by atoms with E-state index in [9.17, 15) is 14.7 Å². The van der Waals surface area contributed by atoms with Crippen LogP contribution in [0.1, 0.15) is 41.5 Å². The topological polar surface area (TPSA) is 111 Å². The number of likely N-dealkylation sites (tertiary alicyclic amines) is 1. The van der Waals surface area contributed by atoms with Gasteiger partial charge in [-0.05, 0) is 24.5 Å². The van der Waals surface area contributed by atoms with E-state index in [1.807, 2.05) is 6.07 Å². The number of rotatable bonds is 7. The number of nitrogens with one attached hydrogen (secondary N) is 2. The third-order valence-corrected chi connectivity index (χ3v) is 6.24. The van der Waals surface area contributed by atoms with Crippen molar-refractivity contribution in [3.05, 3.63) is 53.5 Å². The van der Waals surface area contributed by atoms with Crippen molar-refractivity contribution < 1.29 is 14.7 Å². The van der Waals surface area contributed by atoms with Crippen molar-refractivity contribution in [2.24, 2.45) is 0 Å².